The van der Waals surface area contributed by atoms with Crippen LogP contribution < -0.4 is 4.74 Å². The molecule has 1 aromatic rings. The Bertz CT molecular complexity index is 365. The molecular weight excluding hydrogens is 200 g/mol. The van der Waals surface area contributed by atoms with Crippen molar-refractivity contribution in [2.45, 2.75) is 32.1 Å². The number of ketones is 1. The Balaban J connectivity index is 1.99. The molecule has 1 aromatic carbocycles. The molecule has 0 aliphatic heterocycles. The Labute approximate surface area is 96.6 Å². The summed E-state index contributed by atoms with van der Waals surface area (Å²) in [6.07, 6.45) is 5.16. The normalized spacial score (nSPS) is 16.3. The standard InChI is InChI=1S/C14H18O2/c1-16-13-8-4-5-11(9-13)10-14(15)12-6-2-3-7-12/h4-5,8-9,12H,2-3,6-7,10H2,1H3. The Morgan fingerprint density at radius 2 is 2.12 bits per heavy atom. The van der Waals surface area contributed by atoms with E-state index < -0.39 is 0 Å². The number of methoxy groups -OCH3 is 1. The molecule has 16 heavy (non-hydrogen) atoms. The van der Waals surface area contributed by atoms with E-state index in [0.717, 1.165) is 24.2 Å². The van der Waals surface area contributed by atoms with Gasteiger partial charge in [-0.15, -0.1) is 0 Å². The van der Waals surface area contributed by atoms with Crippen LogP contribution in [0, 0.1) is 5.92 Å². The summed E-state index contributed by atoms with van der Waals surface area (Å²) in [5, 5.41) is 0. The molecule has 1 saturated carbocycles. The fourth-order valence-electron chi connectivity index (χ4n) is 2.38. The van der Waals surface area contributed by atoms with Gasteiger partial charge in [0.2, 0.25) is 0 Å². The van der Waals surface area contributed by atoms with E-state index in [4.69, 9.17) is 4.74 Å². The zero-order valence-corrected chi connectivity index (χ0v) is 9.74. The number of hydrogen-bond donors (Lipinski definition) is 0. The number of hydrogen-bond acceptors (Lipinski definition) is 2. The van der Waals surface area contributed by atoms with Crippen molar-refractivity contribution >= 4 is 5.78 Å². The van der Waals surface area contributed by atoms with E-state index in [-0.39, 0.29) is 0 Å². The molecule has 0 bridgehead atoms. The second-order valence-electron chi connectivity index (χ2n) is 4.48. The molecule has 0 unspecified atom stereocenters. The van der Waals surface area contributed by atoms with E-state index in [1.54, 1.807) is 7.11 Å². The van der Waals surface area contributed by atoms with Crippen molar-refractivity contribution in [3.63, 3.8) is 0 Å². The maximum Gasteiger partial charge on any atom is 0.140 e. The van der Waals surface area contributed by atoms with Gasteiger partial charge < -0.3 is 4.74 Å². The highest BCUT2D eigenvalue weighted by molar-refractivity contribution is 5.83. The second-order valence-corrected chi connectivity index (χ2v) is 4.48. The highest BCUT2D eigenvalue weighted by atomic mass is 16.5. The quantitative estimate of drug-likeness (QED) is 0.776. The summed E-state index contributed by atoms with van der Waals surface area (Å²) in [4.78, 5) is 12.0. The molecule has 0 saturated heterocycles. The summed E-state index contributed by atoms with van der Waals surface area (Å²) in [7, 11) is 1.65. The van der Waals surface area contributed by atoms with Gasteiger partial charge >= 0.3 is 0 Å². The first-order valence-electron chi connectivity index (χ1n) is 5.95. The molecule has 1 fully saturated rings. The van der Waals surface area contributed by atoms with Crippen LogP contribution in [0.4, 0.5) is 0 Å². The van der Waals surface area contributed by atoms with E-state index in [2.05, 4.69) is 0 Å². The van der Waals surface area contributed by atoms with Gasteiger partial charge in [-0.3, -0.25) is 4.79 Å². The molecule has 0 N–H and O–H groups in total. The molecule has 0 spiro atoms. The van der Waals surface area contributed by atoms with Crippen molar-refractivity contribution in [3.8, 4) is 5.75 Å². The molecule has 0 radical (unpaired) electrons. The fourth-order valence-corrected chi connectivity index (χ4v) is 2.38. The van der Waals surface area contributed by atoms with Crippen molar-refractivity contribution in [3.05, 3.63) is 29.8 Å². The van der Waals surface area contributed by atoms with Crippen LogP contribution in [0.3, 0.4) is 0 Å². The summed E-state index contributed by atoms with van der Waals surface area (Å²) in [6, 6.07) is 7.79. The maximum atomic E-state index is 12.0. The van der Waals surface area contributed by atoms with Crippen molar-refractivity contribution in [2.24, 2.45) is 5.92 Å². The molecular formula is C14H18O2. The minimum atomic E-state index is 0.311. The summed E-state index contributed by atoms with van der Waals surface area (Å²) >= 11 is 0. The fraction of sp³-hybridized carbons (Fsp3) is 0.500. The number of carbonyl (C=O) groups is 1. The molecule has 0 amide bonds. The lowest BCUT2D eigenvalue weighted by Crippen LogP contribution is -2.13. The van der Waals surface area contributed by atoms with Gasteiger partial charge in [-0.1, -0.05) is 25.0 Å². The third-order valence-corrected chi connectivity index (χ3v) is 3.32. The van der Waals surface area contributed by atoms with Gasteiger partial charge in [-0.05, 0) is 30.5 Å². The van der Waals surface area contributed by atoms with Crippen LogP contribution in [0.25, 0.3) is 0 Å². The number of carbonyl (C=O) groups excluding carboxylic acids is 1. The van der Waals surface area contributed by atoms with Crippen LogP contribution in [0.5, 0.6) is 5.75 Å². The molecule has 2 rings (SSSR count). The minimum Gasteiger partial charge on any atom is -0.497 e. The third-order valence-electron chi connectivity index (χ3n) is 3.32. The molecule has 0 aromatic heterocycles. The number of rotatable bonds is 4. The van der Waals surface area contributed by atoms with Gasteiger partial charge in [0.25, 0.3) is 0 Å². The zero-order valence-electron chi connectivity index (χ0n) is 9.74. The van der Waals surface area contributed by atoms with E-state index in [9.17, 15) is 4.79 Å². The Morgan fingerprint density at radius 1 is 1.38 bits per heavy atom. The first-order valence-corrected chi connectivity index (χ1v) is 5.95. The molecule has 0 heterocycles. The van der Waals surface area contributed by atoms with Crippen LogP contribution in [-0.2, 0) is 11.2 Å². The second kappa shape index (κ2) is 5.15. The average molecular weight is 218 g/mol. The van der Waals surface area contributed by atoms with Crippen molar-refractivity contribution in [1.29, 1.82) is 0 Å². The summed E-state index contributed by atoms with van der Waals surface area (Å²) in [5.41, 5.74) is 1.07. The van der Waals surface area contributed by atoms with E-state index in [1.165, 1.54) is 12.8 Å². The highest BCUT2D eigenvalue weighted by Gasteiger charge is 2.22. The van der Waals surface area contributed by atoms with Crippen LogP contribution in [0.2, 0.25) is 0 Å². The van der Waals surface area contributed by atoms with Gasteiger partial charge in [0, 0.05) is 12.3 Å². The molecule has 2 nitrogen and oxygen atoms in total. The molecule has 86 valence electrons. The van der Waals surface area contributed by atoms with E-state index in [1.807, 2.05) is 24.3 Å². The van der Waals surface area contributed by atoms with Crippen LogP contribution in [0.15, 0.2) is 24.3 Å². The van der Waals surface area contributed by atoms with Crippen LogP contribution in [-0.4, -0.2) is 12.9 Å². The Hall–Kier alpha value is -1.31. The van der Waals surface area contributed by atoms with Crippen molar-refractivity contribution < 1.29 is 9.53 Å². The van der Waals surface area contributed by atoms with Gasteiger partial charge in [0.15, 0.2) is 0 Å². The zero-order chi connectivity index (χ0) is 11.4. The third kappa shape index (κ3) is 2.63. The lowest BCUT2D eigenvalue weighted by molar-refractivity contribution is -0.122. The lowest BCUT2D eigenvalue weighted by Gasteiger charge is -2.08. The molecule has 1 aliphatic rings. The SMILES string of the molecule is COc1cccc(CC(=O)C2CCCC2)c1. The van der Waals surface area contributed by atoms with Crippen molar-refractivity contribution in [1.82, 2.24) is 0 Å². The summed E-state index contributed by atoms with van der Waals surface area (Å²) in [6.45, 7) is 0. The van der Waals surface area contributed by atoms with Crippen molar-refractivity contribution in [2.75, 3.05) is 7.11 Å². The van der Waals surface area contributed by atoms with Crippen LogP contribution >= 0.6 is 0 Å². The maximum absolute atomic E-state index is 12.0. The minimum absolute atomic E-state index is 0.311. The smallest absolute Gasteiger partial charge is 0.140 e. The monoisotopic (exact) mass is 218 g/mol. The summed E-state index contributed by atoms with van der Waals surface area (Å²) < 4.78 is 5.15. The molecule has 2 heteroatoms. The Kier molecular flexibility index (Phi) is 3.60. The Morgan fingerprint density at radius 3 is 2.81 bits per heavy atom. The number of Topliss-reactive ketones (excluding diaryl/α,β-unsaturated/α-hetero) is 1. The van der Waals surface area contributed by atoms with E-state index >= 15 is 0 Å². The average Bonchev–Trinajstić information content (AvgIpc) is 2.83. The van der Waals surface area contributed by atoms with E-state index in [0.29, 0.717) is 18.1 Å². The largest absolute Gasteiger partial charge is 0.497 e. The van der Waals surface area contributed by atoms with Crippen LogP contribution in [0.1, 0.15) is 31.2 Å². The highest BCUT2D eigenvalue weighted by Crippen LogP contribution is 2.27. The predicted molar refractivity (Wildman–Crippen MR) is 63.7 cm³/mol. The number of benzene rings is 1. The number of ether oxygens (including phenoxy) is 1. The molecule has 0 atom stereocenters. The first kappa shape index (κ1) is 11.2. The predicted octanol–water partition coefficient (Wildman–Crippen LogP) is 3.00. The summed E-state index contributed by atoms with van der Waals surface area (Å²) in [5.74, 6) is 1.54. The topological polar surface area (TPSA) is 26.3 Å². The lowest BCUT2D eigenvalue weighted by atomic mass is 9.96. The first-order chi connectivity index (χ1) is 7.79. The molecule has 1 aliphatic carbocycles. The van der Waals surface area contributed by atoms with Gasteiger partial charge in [-0.2, -0.15) is 0 Å². The van der Waals surface area contributed by atoms with Gasteiger partial charge in [-0.25, -0.2) is 0 Å². The van der Waals surface area contributed by atoms with Gasteiger partial charge in [0.1, 0.15) is 11.5 Å². The van der Waals surface area contributed by atoms with Gasteiger partial charge in [0.05, 0.1) is 7.11 Å².